The summed E-state index contributed by atoms with van der Waals surface area (Å²) >= 11 is 0. The number of hydrogen-bond donors (Lipinski definition) is 1. The van der Waals surface area contributed by atoms with Crippen LogP contribution in [0.1, 0.15) is 0 Å². The fourth-order valence-electron chi connectivity index (χ4n) is 0.974. The lowest BCUT2D eigenvalue weighted by Crippen LogP contribution is -2.46. The summed E-state index contributed by atoms with van der Waals surface area (Å²) in [7, 11) is -0.976. The van der Waals surface area contributed by atoms with E-state index in [0.29, 0.717) is 0 Å². The van der Waals surface area contributed by atoms with Gasteiger partial charge in [0.05, 0.1) is 14.1 Å². The molecule has 0 heterocycles. The Morgan fingerprint density at radius 2 is 2.00 bits per heavy atom. The average Bonchev–Trinajstić information content (AvgIpc) is 1.80. The van der Waals surface area contributed by atoms with E-state index in [2.05, 4.69) is 6.58 Å². The molecule has 5 nitrogen and oxygen atoms in total. The molecule has 0 radical (unpaired) electrons. The first-order valence-electron chi connectivity index (χ1n) is 3.59. The monoisotopic (exact) mass is 208 g/mol. The van der Waals surface area contributed by atoms with E-state index in [1.54, 1.807) is 0 Å². The number of carbonyl (C=O) groups excluding carboxylic acids is 1. The first-order valence-corrected chi connectivity index (χ1v) is 5.20. The van der Waals surface area contributed by atoms with E-state index >= 15 is 0 Å². The zero-order valence-corrected chi connectivity index (χ0v) is 8.54. The fourth-order valence-corrected chi connectivity index (χ4v) is 1.95. The number of rotatable bonds is 5. The molecule has 6 heteroatoms. The normalized spacial score (nSPS) is 12.5. The Bertz CT molecular complexity index is 304. The van der Waals surface area contributed by atoms with Gasteiger partial charge in [-0.05, 0) is 6.08 Å². The highest BCUT2D eigenvalue weighted by atomic mass is 32.2. The van der Waals surface area contributed by atoms with Gasteiger partial charge in [-0.15, -0.1) is 0 Å². The van der Waals surface area contributed by atoms with E-state index in [1.165, 1.54) is 14.1 Å². The third-order valence-electron chi connectivity index (χ3n) is 1.32. The van der Waals surface area contributed by atoms with Gasteiger partial charge in [0.25, 0.3) is 0 Å². The van der Waals surface area contributed by atoms with Crippen LogP contribution < -0.4 is 0 Å². The molecule has 0 bridgehead atoms. The molecule has 0 aromatic carbocycles. The molecule has 13 heavy (non-hydrogen) atoms. The number of likely N-dealkylation sites (N-methyl/N-ethyl adjacent to an activating group) is 1. The molecule has 0 unspecified atom stereocenters. The summed E-state index contributed by atoms with van der Waals surface area (Å²) < 4.78 is 29.5. The maximum Gasteiger partial charge on any atom is 0.316 e. The Kier molecular flexibility index (Phi) is 3.77. The Balaban J connectivity index is 4.41. The number of quaternary nitrogens is 1. The first-order chi connectivity index (χ1) is 5.66. The Morgan fingerprint density at radius 3 is 2.31 bits per heavy atom. The Labute approximate surface area is 78.0 Å². The summed E-state index contributed by atoms with van der Waals surface area (Å²) in [4.78, 5) is 10.9. The van der Waals surface area contributed by atoms with E-state index < -0.39 is 16.0 Å². The second-order valence-electron chi connectivity index (χ2n) is 3.48. The van der Waals surface area contributed by atoms with Crippen LogP contribution in [0, 0.1) is 0 Å². The summed E-state index contributed by atoms with van der Waals surface area (Å²) in [6, 6.07) is 0. The number of ketones is 1. The summed E-state index contributed by atoms with van der Waals surface area (Å²) in [6.45, 7) is 3.27. The van der Waals surface area contributed by atoms with Crippen molar-refractivity contribution in [3.63, 3.8) is 0 Å². The highest BCUT2D eigenvalue weighted by Crippen LogP contribution is 2.00. The van der Waals surface area contributed by atoms with E-state index in [0.717, 1.165) is 6.08 Å². The van der Waals surface area contributed by atoms with Crippen molar-refractivity contribution in [2.75, 3.05) is 26.5 Å². The van der Waals surface area contributed by atoms with Crippen LogP contribution in [0.2, 0.25) is 0 Å². The third kappa shape index (κ3) is 6.44. The van der Waals surface area contributed by atoms with Gasteiger partial charge in [0, 0.05) is 0 Å². The summed E-state index contributed by atoms with van der Waals surface area (Å²) in [6.07, 6.45) is 1.13. The summed E-state index contributed by atoms with van der Waals surface area (Å²) in [5, 5.41) is 0. The van der Waals surface area contributed by atoms with Crippen molar-refractivity contribution < 1.29 is 22.2 Å². The Hall–Kier alpha value is -0.720. The molecule has 0 saturated heterocycles. The topological polar surface area (TPSA) is 71.4 Å². The molecule has 0 amide bonds. The first kappa shape index (κ1) is 12.3. The molecule has 1 N–H and O–H groups in total. The van der Waals surface area contributed by atoms with Crippen LogP contribution in [-0.4, -0.2) is 49.8 Å². The minimum absolute atomic E-state index is 0.00326. The van der Waals surface area contributed by atoms with E-state index in [9.17, 15) is 13.2 Å². The standard InChI is InChI=1S/C7H13NO4S/c1-4-7(9)5-8(2,3)6-13(10,11)12/h4H,1,5-6H2,2-3H3/p+1. The zero-order chi connectivity index (χ0) is 10.7. The fraction of sp³-hybridized carbons (Fsp3) is 0.571. The second-order valence-corrected chi connectivity index (χ2v) is 4.90. The molecule has 0 aliphatic carbocycles. The highest BCUT2D eigenvalue weighted by Gasteiger charge is 2.24. The second kappa shape index (κ2) is 3.99. The molecule has 0 rings (SSSR count). The van der Waals surface area contributed by atoms with Gasteiger partial charge in [-0.1, -0.05) is 6.58 Å². The summed E-state index contributed by atoms with van der Waals surface area (Å²) in [5.74, 6) is -0.735. The van der Waals surface area contributed by atoms with Crippen molar-refractivity contribution in [3.8, 4) is 0 Å². The predicted molar refractivity (Wildman–Crippen MR) is 48.6 cm³/mol. The lowest BCUT2D eigenvalue weighted by atomic mass is 10.3. The van der Waals surface area contributed by atoms with Crippen molar-refractivity contribution >= 4 is 15.9 Å². The van der Waals surface area contributed by atoms with Gasteiger partial charge in [-0.3, -0.25) is 9.35 Å². The van der Waals surface area contributed by atoms with Gasteiger partial charge < -0.3 is 4.48 Å². The molecule has 0 aliphatic heterocycles. The summed E-state index contributed by atoms with van der Waals surface area (Å²) in [5.41, 5.74) is 0. The molecule has 76 valence electrons. The third-order valence-corrected chi connectivity index (χ3v) is 2.35. The average molecular weight is 208 g/mol. The lowest BCUT2D eigenvalue weighted by molar-refractivity contribution is -0.870. The molecular formula is C7H14NO4S+. The van der Waals surface area contributed by atoms with Gasteiger partial charge in [0.2, 0.25) is 11.7 Å². The zero-order valence-electron chi connectivity index (χ0n) is 7.73. The van der Waals surface area contributed by atoms with Gasteiger partial charge in [0.1, 0.15) is 6.54 Å². The SMILES string of the molecule is C=CC(=O)C[N+](C)(C)CS(=O)(=O)O. The molecular weight excluding hydrogens is 194 g/mol. The van der Waals surface area contributed by atoms with Crippen LogP contribution in [0.15, 0.2) is 12.7 Å². The van der Waals surface area contributed by atoms with Crippen LogP contribution in [0.25, 0.3) is 0 Å². The van der Waals surface area contributed by atoms with Gasteiger partial charge >= 0.3 is 10.1 Å². The largest absolute Gasteiger partial charge is 0.316 e. The molecule has 0 fully saturated rings. The van der Waals surface area contributed by atoms with Crippen LogP contribution in [-0.2, 0) is 14.9 Å². The molecule has 0 aromatic heterocycles. The van der Waals surface area contributed by atoms with Crippen molar-refractivity contribution in [2.24, 2.45) is 0 Å². The van der Waals surface area contributed by atoms with Crippen molar-refractivity contribution in [2.45, 2.75) is 0 Å². The van der Waals surface area contributed by atoms with Crippen LogP contribution >= 0.6 is 0 Å². The van der Waals surface area contributed by atoms with Crippen LogP contribution in [0.4, 0.5) is 0 Å². The van der Waals surface area contributed by atoms with E-state index in [4.69, 9.17) is 4.55 Å². The minimum atomic E-state index is -4.05. The van der Waals surface area contributed by atoms with Crippen LogP contribution in [0.3, 0.4) is 0 Å². The van der Waals surface area contributed by atoms with Crippen molar-refractivity contribution in [3.05, 3.63) is 12.7 Å². The van der Waals surface area contributed by atoms with E-state index in [1.807, 2.05) is 0 Å². The molecule has 0 saturated carbocycles. The molecule has 0 aromatic rings. The van der Waals surface area contributed by atoms with Crippen molar-refractivity contribution in [1.29, 1.82) is 0 Å². The maximum absolute atomic E-state index is 10.9. The lowest BCUT2D eigenvalue weighted by Gasteiger charge is -2.26. The molecule has 0 aliphatic rings. The number of hydrogen-bond acceptors (Lipinski definition) is 3. The smallest absolute Gasteiger partial charge is 0.307 e. The minimum Gasteiger partial charge on any atom is -0.307 e. The Morgan fingerprint density at radius 1 is 1.54 bits per heavy atom. The van der Waals surface area contributed by atoms with Gasteiger partial charge in [-0.2, -0.15) is 8.42 Å². The highest BCUT2D eigenvalue weighted by molar-refractivity contribution is 7.85. The maximum atomic E-state index is 10.9. The van der Waals surface area contributed by atoms with Crippen molar-refractivity contribution in [1.82, 2.24) is 0 Å². The van der Waals surface area contributed by atoms with Gasteiger partial charge in [0.15, 0.2) is 0 Å². The number of nitrogens with zero attached hydrogens (tertiary/aromatic N) is 1. The molecule has 0 spiro atoms. The quantitative estimate of drug-likeness (QED) is 0.381. The van der Waals surface area contributed by atoms with E-state index in [-0.39, 0.29) is 16.8 Å². The molecule has 0 atom stereocenters. The predicted octanol–water partition coefficient (Wildman–Crippen LogP) is -0.337. The number of carbonyl (C=O) groups is 1. The van der Waals surface area contributed by atoms with Gasteiger partial charge in [-0.25, -0.2) is 0 Å². The van der Waals surface area contributed by atoms with Crippen LogP contribution in [0.5, 0.6) is 0 Å².